The van der Waals surface area contributed by atoms with E-state index in [2.05, 4.69) is 67.3 Å². The Kier molecular flexibility index (Phi) is 7.68. The molecule has 0 N–H and O–H groups in total. The summed E-state index contributed by atoms with van der Waals surface area (Å²) in [4.78, 5) is 15.1. The summed E-state index contributed by atoms with van der Waals surface area (Å²) in [6.07, 6.45) is 0.962. The maximum absolute atomic E-state index is 12.6. The quantitative estimate of drug-likeness (QED) is 0.384. The molecule has 30 heavy (non-hydrogen) atoms. The molecule has 0 spiro atoms. The van der Waals surface area contributed by atoms with Crippen LogP contribution in [-0.2, 0) is 27.4 Å². The first kappa shape index (κ1) is 22.5. The first-order valence-electron chi connectivity index (χ1n) is 11.1. The van der Waals surface area contributed by atoms with Gasteiger partial charge in [-0.1, -0.05) is 74.5 Å². The zero-order valence-electron chi connectivity index (χ0n) is 18.7. The monoisotopic (exact) mass is 409 g/mol. The summed E-state index contributed by atoms with van der Waals surface area (Å²) in [6.45, 7) is 10.9. The Morgan fingerprint density at radius 3 is 1.90 bits per heavy atom. The fraction of sp³-hybridized carbons (Fsp3) is 0.500. The summed E-state index contributed by atoms with van der Waals surface area (Å²) >= 11 is 0. The van der Waals surface area contributed by atoms with Gasteiger partial charge in [0, 0.05) is 19.1 Å². The van der Waals surface area contributed by atoms with E-state index in [1.165, 1.54) is 11.1 Å². The average Bonchev–Trinajstić information content (AvgIpc) is 3.54. The van der Waals surface area contributed by atoms with Crippen LogP contribution in [-0.4, -0.2) is 35.7 Å². The molecule has 1 aliphatic heterocycles. The van der Waals surface area contributed by atoms with E-state index in [0.717, 1.165) is 19.5 Å². The van der Waals surface area contributed by atoms with Gasteiger partial charge >= 0.3 is 5.97 Å². The largest absolute Gasteiger partial charge is 0.466 e. The van der Waals surface area contributed by atoms with Crippen LogP contribution in [0, 0.1) is 11.8 Å². The molecule has 0 aromatic heterocycles. The second-order valence-corrected chi connectivity index (χ2v) is 8.74. The lowest BCUT2D eigenvalue weighted by molar-refractivity contribution is -0.151. The Bertz CT molecular complexity index is 745. The molecule has 3 atom stereocenters. The Labute approximate surface area is 181 Å². The van der Waals surface area contributed by atoms with Crippen molar-refractivity contribution in [3.8, 4) is 0 Å². The Morgan fingerprint density at radius 2 is 1.50 bits per heavy atom. The van der Waals surface area contributed by atoms with Crippen molar-refractivity contribution in [1.29, 1.82) is 0 Å². The molecule has 1 aliphatic rings. The number of hydrogen-bond donors (Lipinski definition) is 0. The van der Waals surface area contributed by atoms with E-state index in [1.54, 1.807) is 0 Å². The van der Waals surface area contributed by atoms with Gasteiger partial charge < -0.3 is 9.47 Å². The van der Waals surface area contributed by atoms with Gasteiger partial charge in [0.1, 0.15) is 5.60 Å². The van der Waals surface area contributed by atoms with Gasteiger partial charge in [-0.2, -0.15) is 0 Å². The summed E-state index contributed by atoms with van der Waals surface area (Å²) in [5, 5.41) is 0. The van der Waals surface area contributed by atoms with Crippen molar-refractivity contribution >= 4 is 5.97 Å². The molecule has 0 amide bonds. The molecule has 162 valence electrons. The Hall–Kier alpha value is -2.17. The third kappa shape index (κ3) is 5.50. The molecular formula is C26H35NO3. The molecule has 1 heterocycles. The second-order valence-electron chi connectivity index (χ2n) is 8.74. The van der Waals surface area contributed by atoms with Gasteiger partial charge in [0.05, 0.1) is 19.1 Å². The topological polar surface area (TPSA) is 42.1 Å². The van der Waals surface area contributed by atoms with Crippen LogP contribution >= 0.6 is 0 Å². The SMILES string of the molecule is CCOC(=O)[C@@H](C)[C@@]1([C@H](CC(C)C)N(Cc2ccccc2)Cc2ccccc2)CO1. The molecule has 4 heteroatoms. The van der Waals surface area contributed by atoms with E-state index >= 15 is 0 Å². The van der Waals surface area contributed by atoms with Crippen LogP contribution in [0.3, 0.4) is 0 Å². The van der Waals surface area contributed by atoms with Crippen LogP contribution in [0.5, 0.6) is 0 Å². The molecular weight excluding hydrogens is 374 g/mol. The first-order valence-corrected chi connectivity index (χ1v) is 11.1. The number of carbonyl (C=O) groups is 1. The molecule has 0 aliphatic carbocycles. The summed E-state index contributed by atoms with van der Waals surface area (Å²) in [5.41, 5.74) is 2.05. The van der Waals surface area contributed by atoms with Crippen LogP contribution in [0.25, 0.3) is 0 Å². The summed E-state index contributed by atoms with van der Waals surface area (Å²) < 4.78 is 11.5. The number of esters is 1. The number of rotatable bonds is 11. The smallest absolute Gasteiger partial charge is 0.311 e. The molecule has 1 fully saturated rings. The highest BCUT2D eigenvalue weighted by Gasteiger charge is 2.59. The summed E-state index contributed by atoms with van der Waals surface area (Å²) in [5.74, 6) is 0.0258. The van der Waals surface area contributed by atoms with Gasteiger partial charge in [-0.05, 0) is 37.3 Å². The van der Waals surface area contributed by atoms with E-state index < -0.39 is 5.60 Å². The minimum absolute atomic E-state index is 0.123. The molecule has 2 aromatic carbocycles. The van der Waals surface area contributed by atoms with Crippen molar-refractivity contribution < 1.29 is 14.3 Å². The fourth-order valence-electron chi connectivity index (χ4n) is 4.30. The zero-order chi connectivity index (χ0) is 21.6. The molecule has 1 saturated heterocycles. The fourth-order valence-corrected chi connectivity index (χ4v) is 4.30. The third-order valence-electron chi connectivity index (χ3n) is 6.01. The van der Waals surface area contributed by atoms with Gasteiger partial charge in [0.15, 0.2) is 0 Å². The van der Waals surface area contributed by atoms with Crippen molar-refractivity contribution in [1.82, 2.24) is 4.90 Å². The predicted octanol–water partition coefficient (Wildman–Crippen LogP) is 5.07. The highest BCUT2D eigenvalue weighted by molar-refractivity contribution is 5.74. The predicted molar refractivity (Wildman–Crippen MR) is 120 cm³/mol. The second kappa shape index (κ2) is 10.2. The first-order chi connectivity index (χ1) is 14.5. The molecule has 2 aromatic rings. The van der Waals surface area contributed by atoms with Crippen molar-refractivity contribution in [2.24, 2.45) is 11.8 Å². The molecule has 0 saturated carbocycles. The van der Waals surface area contributed by atoms with Gasteiger partial charge in [-0.25, -0.2) is 0 Å². The number of hydrogen-bond acceptors (Lipinski definition) is 4. The molecule has 3 rings (SSSR count). The lowest BCUT2D eigenvalue weighted by Crippen LogP contribution is -2.51. The maximum atomic E-state index is 12.6. The number of ether oxygens (including phenoxy) is 2. The summed E-state index contributed by atoms with van der Waals surface area (Å²) in [6, 6.07) is 21.2. The average molecular weight is 410 g/mol. The molecule has 0 radical (unpaired) electrons. The number of nitrogens with zero attached hydrogens (tertiary/aromatic N) is 1. The Morgan fingerprint density at radius 1 is 1.00 bits per heavy atom. The molecule has 0 unspecified atom stereocenters. The van der Waals surface area contributed by atoms with Crippen molar-refractivity contribution in [3.63, 3.8) is 0 Å². The van der Waals surface area contributed by atoms with E-state index in [0.29, 0.717) is 19.1 Å². The Balaban J connectivity index is 1.93. The molecule has 4 nitrogen and oxygen atoms in total. The van der Waals surface area contributed by atoms with Crippen LogP contribution in [0.2, 0.25) is 0 Å². The van der Waals surface area contributed by atoms with Crippen LogP contribution in [0.1, 0.15) is 45.2 Å². The number of benzene rings is 2. The van der Waals surface area contributed by atoms with Gasteiger partial charge in [0.25, 0.3) is 0 Å². The van der Waals surface area contributed by atoms with Crippen molar-refractivity contribution in [3.05, 3.63) is 71.8 Å². The van der Waals surface area contributed by atoms with Crippen LogP contribution in [0.4, 0.5) is 0 Å². The highest BCUT2D eigenvalue weighted by Crippen LogP contribution is 2.44. The van der Waals surface area contributed by atoms with Crippen molar-refractivity contribution in [2.45, 2.75) is 58.8 Å². The minimum Gasteiger partial charge on any atom is -0.466 e. The van der Waals surface area contributed by atoms with Gasteiger partial charge in [-0.3, -0.25) is 9.69 Å². The van der Waals surface area contributed by atoms with E-state index in [4.69, 9.17) is 9.47 Å². The van der Waals surface area contributed by atoms with Gasteiger partial charge in [0.2, 0.25) is 0 Å². The number of carbonyl (C=O) groups excluding carboxylic acids is 1. The standard InChI is InChI=1S/C26H35NO3/c1-5-29-25(28)21(4)26(19-30-26)24(16-20(2)3)27(17-22-12-8-6-9-13-22)18-23-14-10-7-11-15-23/h6-15,20-21,24H,5,16-19H2,1-4H3/t21-,24+,26-/m1/s1. The van der Waals surface area contributed by atoms with Crippen LogP contribution in [0.15, 0.2) is 60.7 Å². The third-order valence-corrected chi connectivity index (χ3v) is 6.01. The zero-order valence-corrected chi connectivity index (χ0v) is 18.7. The maximum Gasteiger partial charge on any atom is 0.311 e. The highest BCUT2D eigenvalue weighted by atomic mass is 16.6. The molecule has 0 bridgehead atoms. The van der Waals surface area contributed by atoms with Gasteiger partial charge in [-0.15, -0.1) is 0 Å². The lowest BCUT2D eigenvalue weighted by Gasteiger charge is -2.39. The lowest BCUT2D eigenvalue weighted by atomic mass is 9.82. The van der Waals surface area contributed by atoms with Crippen molar-refractivity contribution in [2.75, 3.05) is 13.2 Å². The van der Waals surface area contributed by atoms with E-state index in [-0.39, 0.29) is 17.9 Å². The normalized spacial score (nSPS) is 20.2. The van der Waals surface area contributed by atoms with Crippen LogP contribution < -0.4 is 0 Å². The van der Waals surface area contributed by atoms with E-state index in [9.17, 15) is 4.79 Å². The number of epoxide rings is 1. The minimum atomic E-state index is -0.486. The summed E-state index contributed by atoms with van der Waals surface area (Å²) in [7, 11) is 0. The van der Waals surface area contributed by atoms with E-state index in [1.807, 2.05) is 26.0 Å².